The van der Waals surface area contributed by atoms with Crippen LogP contribution in [0, 0.1) is 11.3 Å². The SMILES string of the molecule is CONc1ncnc2c1c(C#N)nn2C1OC(CO)C(O)C1(C)O. The van der Waals surface area contributed by atoms with Crippen LogP contribution in [0.25, 0.3) is 11.0 Å². The molecule has 4 unspecified atom stereocenters. The summed E-state index contributed by atoms with van der Waals surface area (Å²) in [6.45, 7) is 0.872. The number of hydrogen-bond donors (Lipinski definition) is 4. The third kappa shape index (κ3) is 2.29. The minimum absolute atomic E-state index is 0.00788. The molecule has 128 valence electrons. The van der Waals surface area contributed by atoms with E-state index in [9.17, 15) is 20.6 Å². The number of fused-ring (bicyclic) bond motifs is 1. The molecule has 1 fully saturated rings. The van der Waals surface area contributed by atoms with Gasteiger partial charge in [-0.3, -0.25) is 4.84 Å². The van der Waals surface area contributed by atoms with Crippen molar-refractivity contribution in [2.24, 2.45) is 0 Å². The standard InChI is InChI=1S/C13H16N6O5/c1-13(22)9(21)7(4-20)24-12(13)19-11-8(6(3-14)17-19)10(18-23-2)15-5-16-11/h5,7,9,12,20-22H,4H2,1-2H3,(H,15,16,18). The predicted molar refractivity (Wildman–Crippen MR) is 78.3 cm³/mol. The first-order valence-electron chi connectivity index (χ1n) is 7.04. The zero-order valence-electron chi connectivity index (χ0n) is 12.9. The first kappa shape index (κ1) is 16.5. The molecule has 0 radical (unpaired) electrons. The fourth-order valence-electron chi connectivity index (χ4n) is 2.74. The van der Waals surface area contributed by atoms with E-state index in [4.69, 9.17) is 9.57 Å². The largest absolute Gasteiger partial charge is 0.394 e. The van der Waals surface area contributed by atoms with E-state index in [0.29, 0.717) is 0 Å². The molecule has 0 aromatic carbocycles. The van der Waals surface area contributed by atoms with E-state index < -0.39 is 30.6 Å². The molecule has 24 heavy (non-hydrogen) atoms. The zero-order valence-corrected chi connectivity index (χ0v) is 12.9. The van der Waals surface area contributed by atoms with Crippen LogP contribution in [-0.4, -0.2) is 66.6 Å². The Kier molecular flexibility index (Phi) is 4.08. The summed E-state index contributed by atoms with van der Waals surface area (Å²) in [5.74, 6) is 0.224. The number of nitrogens with one attached hydrogen (secondary N) is 1. The van der Waals surface area contributed by atoms with Gasteiger partial charge in [0.05, 0.1) is 13.7 Å². The lowest BCUT2D eigenvalue weighted by atomic mass is 9.97. The molecule has 0 aliphatic carbocycles. The van der Waals surface area contributed by atoms with Crippen LogP contribution in [0.5, 0.6) is 0 Å². The van der Waals surface area contributed by atoms with E-state index in [0.717, 1.165) is 0 Å². The summed E-state index contributed by atoms with van der Waals surface area (Å²) in [7, 11) is 1.39. The lowest BCUT2D eigenvalue weighted by molar-refractivity contribution is -0.100. The second-order valence-corrected chi connectivity index (χ2v) is 5.51. The molecule has 2 aromatic rings. The van der Waals surface area contributed by atoms with Gasteiger partial charge in [0.25, 0.3) is 0 Å². The molecule has 2 aromatic heterocycles. The van der Waals surface area contributed by atoms with E-state index in [1.165, 1.54) is 25.0 Å². The maximum absolute atomic E-state index is 10.6. The summed E-state index contributed by atoms with van der Waals surface area (Å²) >= 11 is 0. The van der Waals surface area contributed by atoms with Gasteiger partial charge < -0.3 is 20.1 Å². The van der Waals surface area contributed by atoms with Gasteiger partial charge in [0.2, 0.25) is 0 Å². The summed E-state index contributed by atoms with van der Waals surface area (Å²) in [4.78, 5) is 12.9. The number of nitriles is 1. The Morgan fingerprint density at radius 1 is 1.54 bits per heavy atom. The van der Waals surface area contributed by atoms with Gasteiger partial charge in [-0.05, 0) is 6.92 Å². The van der Waals surface area contributed by atoms with Crippen molar-refractivity contribution in [2.45, 2.75) is 31.0 Å². The molecule has 11 nitrogen and oxygen atoms in total. The van der Waals surface area contributed by atoms with Crippen molar-refractivity contribution in [1.82, 2.24) is 19.7 Å². The van der Waals surface area contributed by atoms with E-state index >= 15 is 0 Å². The van der Waals surface area contributed by atoms with Gasteiger partial charge in [-0.1, -0.05) is 0 Å². The highest BCUT2D eigenvalue weighted by Gasteiger charge is 2.54. The van der Waals surface area contributed by atoms with Crippen LogP contribution >= 0.6 is 0 Å². The topological polar surface area (TPSA) is 159 Å². The molecule has 3 heterocycles. The molecule has 0 amide bonds. The van der Waals surface area contributed by atoms with Crippen molar-refractivity contribution < 1.29 is 24.9 Å². The Bertz CT molecular complexity index is 800. The van der Waals surface area contributed by atoms with Gasteiger partial charge >= 0.3 is 0 Å². The first-order chi connectivity index (χ1) is 11.5. The molecule has 4 N–H and O–H groups in total. The Morgan fingerprint density at radius 2 is 2.29 bits per heavy atom. The Labute approximate surface area is 136 Å². The summed E-state index contributed by atoms with van der Waals surface area (Å²) in [5.41, 5.74) is 0.977. The van der Waals surface area contributed by atoms with E-state index in [1.54, 1.807) is 0 Å². The van der Waals surface area contributed by atoms with Crippen LogP contribution in [0.3, 0.4) is 0 Å². The minimum atomic E-state index is -1.75. The Hall–Kier alpha value is -2.36. The number of ether oxygens (including phenoxy) is 1. The van der Waals surface area contributed by atoms with Crippen LogP contribution in [0.1, 0.15) is 18.8 Å². The maximum atomic E-state index is 10.6. The van der Waals surface area contributed by atoms with Crippen molar-refractivity contribution in [1.29, 1.82) is 5.26 Å². The van der Waals surface area contributed by atoms with Gasteiger partial charge in [-0.25, -0.2) is 20.1 Å². The molecule has 0 spiro atoms. The van der Waals surface area contributed by atoms with Crippen LogP contribution in [0.4, 0.5) is 5.82 Å². The highest BCUT2D eigenvalue weighted by atomic mass is 16.6. The van der Waals surface area contributed by atoms with Crippen molar-refractivity contribution in [3.05, 3.63) is 12.0 Å². The van der Waals surface area contributed by atoms with Crippen molar-refractivity contribution >= 4 is 16.9 Å². The van der Waals surface area contributed by atoms with Gasteiger partial charge in [0, 0.05) is 0 Å². The monoisotopic (exact) mass is 336 g/mol. The van der Waals surface area contributed by atoms with E-state index in [2.05, 4.69) is 20.5 Å². The molecule has 0 saturated carbocycles. The van der Waals surface area contributed by atoms with Crippen molar-refractivity contribution in [3.8, 4) is 6.07 Å². The van der Waals surface area contributed by atoms with E-state index in [-0.39, 0.29) is 22.5 Å². The fraction of sp³-hybridized carbons (Fsp3) is 0.538. The second-order valence-electron chi connectivity index (χ2n) is 5.51. The number of aromatic nitrogens is 4. The third-order valence-corrected chi connectivity index (χ3v) is 3.95. The average Bonchev–Trinajstić information content (AvgIpc) is 3.04. The summed E-state index contributed by atoms with van der Waals surface area (Å²) in [5, 5.41) is 43.7. The molecular formula is C13H16N6O5. The average molecular weight is 336 g/mol. The third-order valence-electron chi connectivity index (χ3n) is 3.95. The lowest BCUT2D eigenvalue weighted by Crippen LogP contribution is -2.44. The second kappa shape index (κ2) is 5.93. The quantitative estimate of drug-likeness (QED) is 0.493. The molecule has 4 atom stereocenters. The lowest BCUT2D eigenvalue weighted by Gasteiger charge is -2.26. The van der Waals surface area contributed by atoms with Crippen LogP contribution in [-0.2, 0) is 9.57 Å². The summed E-state index contributed by atoms with van der Waals surface area (Å²) in [6.07, 6.45) is -2.25. The van der Waals surface area contributed by atoms with Crippen LogP contribution < -0.4 is 5.48 Å². The van der Waals surface area contributed by atoms with E-state index in [1.807, 2.05) is 6.07 Å². The molecular weight excluding hydrogens is 320 g/mol. The highest BCUT2D eigenvalue weighted by Crippen LogP contribution is 2.39. The van der Waals surface area contributed by atoms with Crippen molar-refractivity contribution in [2.75, 3.05) is 19.2 Å². The molecule has 11 heteroatoms. The molecule has 0 bridgehead atoms. The van der Waals surface area contributed by atoms with Gasteiger partial charge in [0.15, 0.2) is 23.4 Å². The summed E-state index contributed by atoms with van der Waals surface area (Å²) in [6, 6.07) is 1.92. The van der Waals surface area contributed by atoms with Crippen LogP contribution in [0.15, 0.2) is 6.33 Å². The smallest absolute Gasteiger partial charge is 0.183 e. The Balaban J connectivity index is 2.18. The number of rotatable bonds is 4. The molecule has 3 rings (SSSR count). The first-order valence-corrected chi connectivity index (χ1v) is 7.04. The van der Waals surface area contributed by atoms with Crippen molar-refractivity contribution in [3.63, 3.8) is 0 Å². The summed E-state index contributed by atoms with van der Waals surface area (Å²) < 4.78 is 6.71. The maximum Gasteiger partial charge on any atom is 0.183 e. The van der Waals surface area contributed by atoms with Gasteiger partial charge in [0.1, 0.15) is 35.6 Å². The fourth-order valence-corrected chi connectivity index (χ4v) is 2.74. The number of aliphatic hydroxyl groups excluding tert-OH is 2. The minimum Gasteiger partial charge on any atom is -0.394 e. The molecule has 1 aliphatic heterocycles. The van der Waals surface area contributed by atoms with Crippen LogP contribution in [0.2, 0.25) is 0 Å². The number of anilines is 1. The zero-order chi connectivity index (χ0) is 17.5. The van der Waals surface area contributed by atoms with Gasteiger partial charge in [-0.15, -0.1) is 0 Å². The predicted octanol–water partition coefficient (Wildman–Crippen LogP) is -1.33. The Morgan fingerprint density at radius 3 is 2.88 bits per heavy atom. The highest BCUT2D eigenvalue weighted by molar-refractivity contribution is 5.90. The molecule has 1 aliphatic rings. The van der Waals surface area contributed by atoms with Gasteiger partial charge in [-0.2, -0.15) is 10.4 Å². The number of hydrogen-bond acceptors (Lipinski definition) is 10. The normalized spacial score (nSPS) is 29.8. The number of aliphatic hydroxyl groups is 3. The number of nitrogens with zero attached hydrogens (tertiary/aromatic N) is 5. The molecule has 1 saturated heterocycles.